The molecule has 5 heteroatoms. The number of amides is 2. The topological polar surface area (TPSA) is 66.8 Å². The van der Waals surface area contributed by atoms with Crippen LogP contribution in [0.5, 0.6) is 0 Å². The van der Waals surface area contributed by atoms with Crippen LogP contribution in [0.25, 0.3) is 0 Å². The van der Waals surface area contributed by atoms with Crippen LogP contribution in [0.1, 0.15) is 66.7 Å². The van der Waals surface area contributed by atoms with Crippen molar-refractivity contribution in [2.75, 3.05) is 6.61 Å². The minimum Gasteiger partial charge on any atom is -0.396 e. The van der Waals surface area contributed by atoms with Gasteiger partial charge in [-0.15, -0.1) is 5.06 Å². The lowest BCUT2D eigenvalue weighted by atomic mass is 10.1. The van der Waals surface area contributed by atoms with E-state index in [-0.39, 0.29) is 12.7 Å². The quantitative estimate of drug-likeness (QED) is 0.427. The van der Waals surface area contributed by atoms with E-state index in [1.165, 1.54) is 5.57 Å². The number of carbonyl (C=O) groups excluding carboxylic acids is 2. The van der Waals surface area contributed by atoms with Crippen molar-refractivity contribution in [2.45, 2.75) is 52.1 Å². The molecular formula is C19H25NO4. The molecule has 1 aliphatic heterocycles. The molecule has 0 saturated heterocycles. The number of aliphatic hydroxyl groups is 1. The molecule has 1 aromatic carbocycles. The summed E-state index contributed by atoms with van der Waals surface area (Å²) in [5.41, 5.74) is 2.01. The minimum atomic E-state index is -0.398. The van der Waals surface area contributed by atoms with Crippen LogP contribution in [0.15, 0.2) is 35.9 Å². The molecular weight excluding hydrogens is 306 g/mol. The van der Waals surface area contributed by atoms with E-state index in [0.29, 0.717) is 24.0 Å². The Labute approximate surface area is 142 Å². The third-order valence-electron chi connectivity index (χ3n) is 3.99. The van der Waals surface area contributed by atoms with E-state index in [1.54, 1.807) is 24.3 Å². The van der Waals surface area contributed by atoms with Gasteiger partial charge >= 0.3 is 0 Å². The van der Waals surface area contributed by atoms with Crippen LogP contribution in [0.4, 0.5) is 0 Å². The van der Waals surface area contributed by atoms with Crippen molar-refractivity contribution < 1.29 is 19.5 Å². The Kier molecular flexibility index (Phi) is 6.70. The molecule has 2 rings (SSSR count). The predicted octanol–water partition coefficient (Wildman–Crippen LogP) is 3.49. The second-order valence-electron chi connectivity index (χ2n) is 6.26. The van der Waals surface area contributed by atoms with Gasteiger partial charge in [0, 0.05) is 6.61 Å². The molecule has 1 aliphatic rings. The standard InChI is InChI=1S/C19H25NO4/c1-14(2)8-7-10-15(9-5-6-13-21)24-20-18(22)16-11-3-4-12-17(16)19(20)23/h3-4,8,11-12,15,21H,5-7,9-10,13H2,1-2H3. The highest BCUT2D eigenvalue weighted by Crippen LogP contribution is 2.25. The van der Waals surface area contributed by atoms with Gasteiger partial charge in [-0.25, -0.2) is 0 Å². The van der Waals surface area contributed by atoms with Crippen molar-refractivity contribution in [3.63, 3.8) is 0 Å². The number of hydroxylamine groups is 2. The van der Waals surface area contributed by atoms with Gasteiger partial charge in [0.25, 0.3) is 11.8 Å². The number of imide groups is 1. The second kappa shape index (κ2) is 8.76. The molecule has 0 aromatic heterocycles. The average Bonchev–Trinajstić information content (AvgIpc) is 2.80. The maximum Gasteiger partial charge on any atom is 0.285 e. The van der Waals surface area contributed by atoms with E-state index in [9.17, 15) is 9.59 Å². The Morgan fingerprint density at radius 3 is 2.29 bits per heavy atom. The molecule has 0 bridgehead atoms. The minimum absolute atomic E-state index is 0.133. The highest BCUT2D eigenvalue weighted by molar-refractivity contribution is 6.20. The smallest absolute Gasteiger partial charge is 0.285 e. The summed E-state index contributed by atoms with van der Waals surface area (Å²) in [4.78, 5) is 30.5. The van der Waals surface area contributed by atoms with Crippen LogP contribution < -0.4 is 0 Å². The van der Waals surface area contributed by atoms with Crippen molar-refractivity contribution in [3.8, 4) is 0 Å². The Hall–Kier alpha value is -1.98. The fraction of sp³-hybridized carbons (Fsp3) is 0.474. The molecule has 1 atom stereocenters. The Morgan fingerprint density at radius 1 is 1.12 bits per heavy atom. The van der Waals surface area contributed by atoms with Crippen LogP contribution in [-0.2, 0) is 4.84 Å². The maximum absolute atomic E-state index is 12.4. The van der Waals surface area contributed by atoms with Gasteiger partial charge in [0.1, 0.15) is 0 Å². The molecule has 0 fully saturated rings. The summed E-state index contributed by atoms with van der Waals surface area (Å²) in [5.74, 6) is -0.796. The molecule has 0 spiro atoms. The van der Waals surface area contributed by atoms with Crippen LogP contribution in [-0.4, -0.2) is 34.7 Å². The third kappa shape index (κ3) is 4.52. The molecule has 0 aliphatic carbocycles. The average molecular weight is 331 g/mol. The van der Waals surface area contributed by atoms with Crippen molar-refractivity contribution in [1.29, 1.82) is 0 Å². The number of hydrogen-bond donors (Lipinski definition) is 1. The van der Waals surface area contributed by atoms with Crippen LogP contribution >= 0.6 is 0 Å². The number of allylic oxidation sites excluding steroid dienone is 2. The van der Waals surface area contributed by atoms with Gasteiger partial charge in [-0.2, -0.15) is 0 Å². The summed E-state index contributed by atoms with van der Waals surface area (Å²) in [6, 6.07) is 6.76. The molecule has 1 unspecified atom stereocenters. The highest BCUT2D eigenvalue weighted by atomic mass is 16.7. The van der Waals surface area contributed by atoms with Gasteiger partial charge in [0.2, 0.25) is 0 Å². The zero-order valence-corrected chi connectivity index (χ0v) is 14.3. The van der Waals surface area contributed by atoms with Gasteiger partial charge in [-0.3, -0.25) is 14.4 Å². The normalized spacial score (nSPS) is 14.7. The molecule has 5 nitrogen and oxygen atoms in total. The first kappa shape index (κ1) is 18.4. The first-order chi connectivity index (χ1) is 11.5. The highest BCUT2D eigenvalue weighted by Gasteiger charge is 2.37. The summed E-state index contributed by atoms with van der Waals surface area (Å²) in [7, 11) is 0. The number of carbonyl (C=O) groups is 2. The molecule has 24 heavy (non-hydrogen) atoms. The van der Waals surface area contributed by atoms with Gasteiger partial charge in [0.15, 0.2) is 0 Å². The van der Waals surface area contributed by atoms with E-state index in [4.69, 9.17) is 9.94 Å². The Bertz CT molecular complexity index is 585. The lowest BCUT2D eigenvalue weighted by molar-refractivity contribution is -0.136. The van der Waals surface area contributed by atoms with Crippen LogP contribution in [0.3, 0.4) is 0 Å². The Balaban J connectivity index is 2.04. The number of benzene rings is 1. The van der Waals surface area contributed by atoms with E-state index in [1.807, 2.05) is 13.8 Å². The largest absolute Gasteiger partial charge is 0.396 e. The fourth-order valence-electron chi connectivity index (χ4n) is 2.70. The molecule has 2 amide bonds. The monoisotopic (exact) mass is 331 g/mol. The van der Waals surface area contributed by atoms with E-state index in [2.05, 4.69) is 6.08 Å². The molecule has 0 saturated carbocycles. The molecule has 0 radical (unpaired) electrons. The summed E-state index contributed by atoms with van der Waals surface area (Å²) >= 11 is 0. The SMILES string of the molecule is CC(C)=CCCC(CCCCO)ON1C(=O)c2ccccc2C1=O. The number of hydrogen-bond acceptors (Lipinski definition) is 4. The summed E-state index contributed by atoms with van der Waals surface area (Å²) < 4.78 is 0. The zero-order chi connectivity index (χ0) is 17.5. The summed E-state index contributed by atoms with van der Waals surface area (Å²) in [6.07, 6.45) is 5.62. The van der Waals surface area contributed by atoms with E-state index in [0.717, 1.165) is 24.3 Å². The third-order valence-corrected chi connectivity index (χ3v) is 3.99. The molecule has 1 N–H and O–H groups in total. The number of fused-ring (bicyclic) bond motifs is 1. The van der Waals surface area contributed by atoms with E-state index >= 15 is 0 Å². The Morgan fingerprint density at radius 2 is 1.75 bits per heavy atom. The molecule has 130 valence electrons. The number of rotatable bonds is 9. The van der Waals surface area contributed by atoms with Crippen molar-refractivity contribution in [3.05, 3.63) is 47.0 Å². The summed E-state index contributed by atoms with van der Waals surface area (Å²) in [6.45, 7) is 4.20. The molecule has 1 heterocycles. The first-order valence-electron chi connectivity index (χ1n) is 8.43. The number of aliphatic hydroxyl groups excluding tert-OH is 1. The number of unbranched alkanes of at least 4 members (excludes halogenated alkanes) is 1. The van der Waals surface area contributed by atoms with Crippen molar-refractivity contribution >= 4 is 11.8 Å². The van der Waals surface area contributed by atoms with Crippen molar-refractivity contribution in [1.82, 2.24) is 5.06 Å². The summed E-state index contributed by atoms with van der Waals surface area (Å²) in [5, 5.41) is 9.85. The van der Waals surface area contributed by atoms with Gasteiger partial charge in [-0.05, 0) is 58.1 Å². The zero-order valence-electron chi connectivity index (χ0n) is 14.3. The fourth-order valence-corrected chi connectivity index (χ4v) is 2.70. The lowest BCUT2D eigenvalue weighted by Gasteiger charge is -2.22. The predicted molar refractivity (Wildman–Crippen MR) is 91.4 cm³/mol. The van der Waals surface area contributed by atoms with E-state index < -0.39 is 11.8 Å². The van der Waals surface area contributed by atoms with Crippen LogP contribution in [0, 0.1) is 0 Å². The van der Waals surface area contributed by atoms with Crippen LogP contribution in [0.2, 0.25) is 0 Å². The maximum atomic E-state index is 12.4. The lowest BCUT2D eigenvalue weighted by Crippen LogP contribution is -2.34. The van der Waals surface area contributed by atoms with Gasteiger partial charge in [-0.1, -0.05) is 23.8 Å². The van der Waals surface area contributed by atoms with Crippen molar-refractivity contribution in [2.24, 2.45) is 0 Å². The molecule has 1 aromatic rings. The van der Waals surface area contributed by atoms with Gasteiger partial charge in [0.05, 0.1) is 17.2 Å². The first-order valence-corrected chi connectivity index (χ1v) is 8.43. The second-order valence-corrected chi connectivity index (χ2v) is 6.26. The number of nitrogens with zero attached hydrogens (tertiary/aromatic N) is 1. The van der Waals surface area contributed by atoms with Gasteiger partial charge < -0.3 is 5.11 Å².